The summed E-state index contributed by atoms with van der Waals surface area (Å²) in [5.41, 5.74) is 1.87. The molecule has 2 aromatic rings. The van der Waals surface area contributed by atoms with Gasteiger partial charge in [0.1, 0.15) is 0 Å². The first-order chi connectivity index (χ1) is 10.6. The Morgan fingerprint density at radius 2 is 2.27 bits per heavy atom. The van der Waals surface area contributed by atoms with Crippen LogP contribution in [0.4, 0.5) is 5.69 Å². The minimum atomic E-state index is 0.263. The third-order valence-corrected chi connectivity index (χ3v) is 4.77. The van der Waals surface area contributed by atoms with Gasteiger partial charge in [0.2, 0.25) is 5.91 Å². The number of hydrogen-bond acceptors (Lipinski definition) is 3. The van der Waals surface area contributed by atoms with Crippen molar-refractivity contribution in [3.63, 3.8) is 0 Å². The fourth-order valence-electron chi connectivity index (χ4n) is 2.83. The van der Waals surface area contributed by atoms with E-state index in [1.165, 1.54) is 0 Å². The maximum absolute atomic E-state index is 11.7. The third-order valence-electron chi connectivity index (χ3n) is 4.03. The van der Waals surface area contributed by atoms with E-state index in [0.717, 1.165) is 47.1 Å². The van der Waals surface area contributed by atoms with Gasteiger partial charge in [0.05, 0.1) is 10.5 Å². The first kappa shape index (κ1) is 15.6. The highest BCUT2D eigenvalue weighted by molar-refractivity contribution is 9.10. The molecule has 0 radical (unpaired) electrons. The highest BCUT2D eigenvalue weighted by Crippen LogP contribution is 2.32. The second-order valence-electron chi connectivity index (χ2n) is 5.52. The smallest absolute Gasteiger partial charge is 0.222 e. The Labute approximate surface area is 143 Å². The largest absolute Gasteiger partial charge is 0.372 e. The van der Waals surface area contributed by atoms with Gasteiger partial charge in [-0.05, 0) is 24.6 Å². The van der Waals surface area contributed by atoms with E-state index in [2.05, 4.69) is 25.8 Å². The van der Waals surface area contributed by atoms with Crippen molar-refractivity contribution in [3.05, 3.63) is 33.9 Å². The van der Waals surface area contributed by atoms with Crippen LogP contribution in [0.2, 0.25) is 5.02 Å². The Kier molecular flexibility index (Phi) is 4.54. The molecule has 1 aromatic heterocycles. The lowest BCUT2D eigenvalue weighted by Crippen LogP contribution is -2.34. The molecule has 22 heavy (non-hydrogen) atoms. The number of aromatic nitrogens is 1. The fourth-order valence-corrected chi connectivity index (χ4v) is 3.69. The summed E-state index contributed by atoms with van der Waals surface area (Å²) in [5, 5.41) is 1.64. The number of fused-ring (bicyclic) bond motifs is 1. The summed E-state index contributed by atoms with van der Waals surface area (Å²) in [6, 6.07) is 5.86. The molecule has 0 atom stereocenters. The van der Waals surface area contributed by atoms with Gasteiger partial charge in [-0.25, -0.2) is 0 Å². The summed E-state index contributed by atoms with van der Waals surface area (Å²) in [7, 11) is 2.03. The molecule has 0 N–H and O–H groups in total. The summed E-state index contributed by atoms with van der Waals surface area (Å²) >= 11 is 9.76. The standard InChI is InChI=1S/C16H17BrClN3O/c1-20(7-8-21-6-2-3-15(21)22)14-4-5-19-16-12(14)9-11(17)10-13(16)18/h4-5,9-10H,2-3,6-8H2,1H3. The Morgan fingerprint density at radius 3 is 3.00 bits per heavy atom. The van der Waals surface area contributed by atoms with Crippen molar-refractivity contribution in [2.75, 3.05) is 31.6 Å². The molecule has 2 heterocycles. The normalized spacial score (nSPS) is 14.9. The van der Waals surface area contributed by atoms with Crippen LogP contribution in [0.1, 0.15) is 12.8 Å². The lowest BCUT2D eigenvalue weighted by molar-refractivity contribution is -0.127. The summed E-state index contributed by atoms with van der Waals surface area (Å²) in [6.07, 6.45) is 3.43. The number of nitrogens with zero attached hydrogens (tertiary/aromatic N) is 3. The number of hydrogen-bond donors (Lipinski definition) is 0. The predicted molar refractivity (Wildman–Crippen MR) is 93.5 cm³/mol. The summed E-state index contributed by atoms with van der Waals surface area (Å²) in [6.45, 7) is 2.41. The molecule has 3 rings (SSSR count). The number of carbonyl (C=O) groups excluding carboxylic acids is 1. The zero-order valence-electron chi connectivity index (χ0n) is 12.4. The first-order valence-corrected chi connectivity index (χ1v) is 8.46. The molecule has 1 aliphatic rings. The van der Waals surface area contributed by atoms with Crippen molar-refractivity contribution in [1.82, 2.24) is 9.88 Å². The van der Waals surface area contributed by atoms with Gasteiger partial charge in [0.25, 0.3) is 0 Å². The van der Waals surface area contributed by atoms with Gasteiger partial charge in [-0.2, -0.15) is 0 Å². The van der Waals surface area contributed by atoms with Crippen molar-refractivity contribution in [2.24, 2.45) is 0 Å². The van der Waals surface area contributed by atoms with Crippen LogP contribution in [-0.4, -0.2) is 42.5 Å². The average Bonchev–Trinajstić information content (AvgIpc) is 2.89. The van der Waals surface area contributed by atoms with E-state index in [1.807, 2.05) is 30.1 Å². The molecular formula is C16H17BrClN3O. The van der Waals surface area contributed by atoms with Crippen LogP contribution in [0.5, 0.6) is 0 Å². The van der Waals surface area contributed by atoms with Crippen molar-refractivity contribution in [3.8, 4) is 0 Å². The van der Waals surface area contributed by atoms with Gasteiger partial charge in [-0.1, -0.05) is 27.5 Å². The molecule has 1 saturated heterocycles. The molecule has 1 aliphatic heterocycles. The van der Waals surface area contributed by atoms with Crippen LogP contribution in [0.25, 0.3) is 10.9 Å². The number of carbonyl (C=O) groups is 1. The number of anilines is 1. The Morgan fingerprint density at radius 1 is 1.45 bits per heavy atom. The van der Waals surface area contributed by atoms with Crippen LogP contribution < -0.4 is 4.90 Å². The molecule has 0 unspecified atom stereocenters. The van der Waals surface area contributed by atoms with Gasteiger partial charge in [-0.15, -0.1) is 0 Å². The zero-order chi connectivity index (χ0) is 15.7. The molecule has 1 aromatic carbocycles. The van der Waals surface area contributed by atoms with E-state index in [4.69, 9.17) is 11.6 Å². The Bertz CT molecular complexity index is 722. The molecular weight excluding hydrogens is 366 g/mol. The number of amides is 1. The Hall–Kier alpha value is -1.33. The van der Waals surface area contributed by atoms with Gasteiger partial charge < -0.3 is 9.80 Å². The summed E-state index contributed by atoms with van der Waals surface area (Å²) in [4.78, 5) is 20.2. The molecule has 1 amide bonds. The summed E-state index contributed by atoms with van der Waals surface area (Å²) in [5.74, 6) is 0.263. The van der Waals surface area contributed by atoms with E-state index < -0.39 is 0 Å². The quantitative estimate of drug-likeness (QED) is 0.809. The predicted octanol–water partition coefficient (Wildman–Crippen LogP) is 3.71. The van der Waals surface area contributed by atoms with Gasteiger partial charge in [0, 0.05) is 54.8 Å². The molecule has 0 bridgehead atoms. The Balaban J connectivity index is 1.84. The molecule has 6 heteroatoms. The highest BCUT2D eigenvalue weighted by atomic mass is 79.9. The second kappa shape index (κ2) is 6.42. The van der Waals surface area contributed by atoms with Crippen molar-refractivity contribution >= 4 is 50.0 Å². The minimum Gasteiger partial charge on any atom is -0.372 e. The first-order valence-electron chi connectivity index (χ1n) is 7.29. The summed E-state index contributed by atoms with van der Waals surface area (Å²) < 4.78 is 0.933. The van der Waals surface area contributed by atoms with Crippen LogP contribution in [0.15, 0.2) is 28.9 Å². The van der Waals surface area contributed by atoms with Gasteiger partial charge in [0.15, 0.2) is 0 Å². The maximum atomic E-state index is 11.7. The highest BCUT2D eigenvalue weighted by Gasteiger charge is 2.20. The average molecular weight is 383 g/mol. The molecule has 1 fully saturated rings. The number of benzene rings is 1. The molecule has 0 aliphatic carbocycles. The lowest BCUT2D eigenvalue weighted by Gasteiger charge is -2.24. The molecule has 4 nitrogen and oxygen atoms in total. The lowest BCUT2D eigenvalue weighted by atomic mass is 10.1. The second-order valence-corrected chi connectivity index (χ2v) is 6.84. The fraction of sp³-hybridized carbons (Fsp3) is 0.375. The van der Waals surface area contributed by atoms with Gasteiger partial charge in [-0.3, -0.25) is 9.78 Å². The maximum Gasteiger partial charge on any atom is 0.222 e. The van der Waals surface area contributed by atoms with E-state index in [-0.39, 0.29) is 5.91 Å². The number of pyridine rings is 1. The zero-order valence-corrected chi connectivity index (χ0v) is 14.7. The number of likely N-dealkylation sites (tertiary alicyclic amines) is 1. The van der Waals surface area contributed by atoms with E-state index in [9.17, 15) is 4.79 Å². The molecule has 0 saturated carbocycles. The number of halogens is 2. The monoisotopic (exact) mass is 381 g/mol. The van der Waals surface area contributed by atoms with E-state index in [0.29, 0.717) is 11.4 Å². The van der Waals surface area contributed by atoms with Crippen LogP contribution in [0, 0.1) is 0 Å². The van der Waals surface area contributed by atoms with Gasteiger partial charge >= 0.3 is 0 Å². The SMILES string of the molecule is CN(CCN1CCCC1=O)c1ccnc2c(Cl)cc(Br)cc12. The van der Waals surface area contributed by atoms with Crippen molar-refractivity contribution in [2.45, 2.75) is 12.8 Å². The number of likely N-dealkylation sites (N-methyl/N-ethyl adjacent to an activating group) is 1. The third kappa shape index (κ3) is 3.06. The van der Waals surface area contributed by atoms with Crippen molar-refractivity contribution < 1.29 is 4.79 Å². The van der Waals surface area contributed by atoms with Crippen LogP contribution >= 0.6 is 27.5 Å². The number of rotatable bonds is 4. The topological polar surface area (TPSA) is 36.4 Å². The molecule has 116 valence electrons. The molecule has 0 spiro atoms. The minimum absolute atomic E-state index is 0.263. The van der Waals surface area contributed by atoms with E-state index in [1.54, 1.807) is 6.20 Å². The van der Waals surface area contributed by atoms with Crippen LogP contribution in [-0.2, 0) is 4.79 Å². The van der Waals surface area contributed by atoms with Crippen LogP contribution in [0.3, 0.4) is 0 Å². The van der Waals surface area contributed by atoms with Crippen molar-refractivity contribution in [1.29, 1.82) is 0 Å². The van der Waals surface area contributed by atoms with E-state index >= 15 is 0 Å².